The first-order valence-electron chi connectivity index (χ1n) is 16.9. The van der Waals surface area contributed by atoms with Crippen molar-refractivity contribution in [2.75, 3.05) is 145 Å². The fourth-order valence-electron chi connectivity index (χ4n) is 3.50. The molecule has 47 heavy (non-hydrogen) atoms. The number of rotatable bonds is 40. The largest absolute Gasteiger partial charge is 0.463 e. The van der Waals surface area contributed by atoms with E-state index in [1.165, 1.54) is 19.3 Å². The van der Waals surface area contributed by atoms with Crippen molar-refractivity contribution in [3.8, 4) is 0 Å². The minimum Gasteiger partial charge on any atom is -0.463 e. The van der Waals surface area contributed by atoms with Crippen molar-refractivity contribution in [1.82, 2.24) is 0 Å². The Morgan fingerprint density at radius 2 is 0.681 bits per heavy atom. The standard InChI is InChI=1S/C33H62O14/c1-3-5-6-7-8-9-33(35)47-31-29-45-27-25-43-23-21-41-19-17-39-15-13-37-11-10-36-12-14-38-16-18-40-20-22-42-24-26-44-28-30-46-32(34)4-2/h4H,2-3,5-31H2,1H3. The lowest BCUT2D eigenvalue weighted by atomic mass is 10.1. The Kier molecular flexibility index (Phi) is 39.0. The SMILES string of the molecule is C=CC(=O)OCCOCCOCCOCCOCCOCCOCCOCCOCCOCCOCCOC(=O)CCCCCCC. The monoisotopic (exact) mass is 682 g/mol. The van der Waals surface area contributed by atoms with Crippen LogP contribution in [0.4, 0.5) is 0 Å². The number of carbonyl (C=O) groups is 2. The quantitative estimate of drug-likeness (QED) is 0.0531. The first-order chi connectivity index (χ1) is 23.2. The minimum atomic E-state index is -0.461. The molecular formula is C33H62O14. The third-order valence-corrected chi connectivity index (χ3v) is 5.96. The molecule has 0 aliphatic carbocycles. The van der Waals surface area contributed by atoms with E-state index in [2.05, 4.69) is 13.5 Å². The zero-order valence-corrected chi connectivity index (χ0v) is 28.8. The van der Waals surface area contributed by atoms with Crippen LogP contribution in [0.1, 0.15) is 45.4 Å². The molecule has 14 nitrogen and oxygen atoms in total. The van der Waals surface area contributed by atoms with E-state index in [9.17, 15) is 9.59 Å². The van der Waals surface area contributed by atoms with E-state index in [-0.39, 0.29) is 19.2 Å². The van der Waals surface area contributed by atoms with Crippen LogP contribution in [0.3, 0.4) is 0 Å². The number of unbranched alkanes of at least 4 members (excludes halogenated alkanes) is 4. The molecule has 278 valence electrons. The van der Waals surface area contributed by atoms with Gasteiger partial charge in [0.1, 0.15) is 13.2 Å². The van der Waals surface area contributed by atoms with Gasteiger partial charge in [0.25, 0.3) is 0 Å². The van der Waals surface area contributed by atoms with Crippen LogP contribution in [0, 0.1) is 0 Å². The van der Waals surface area contributed by atoms with Crippen LogP contribution in [0.5, 0.6) is 0 Å². The fourth-order valence-corrected chi connectivity index (χ4v) is 3.50. The van der Waals surface area contributed by atoms with Gasteiger partial charge >= 0.3 is 11.9 Å². The van der Waals surface area contributed by atoms with Gasteiger partial charge in [-0.3, -0.25) is 4.79 Å². The van der Waals surface area contributed by atoms with Crippen LogP contribution in [0.25, 0.3) is 0 Å². The van der Waals surface area contributed by atoms with Gasteiger partial charge in [0.05, 0.1) is 132 Å². The summed E-state index contributed by atoms with van der Waals surface area (Å²) >= 11 is 0. The summed E-state index contributed by atoms with van der Waals surface area (Å²) in [4.78, 5) is 22.4. The lowest BCUT2D eigenvalue weighted by Gasteiger charge is -2.09. The number of esters is 2. The molecule has 0 unspecified atom stereocenters. The molecule has 0 N–H and O–H groups in total. The summed E-state index contributed by atoms with van der Waals surface area (Å²) in [5, 5.41) is 0. The third kappa shape index (κ3) is 40.4. The first kappa shape index (κ1) is 45.3. The number of ether oxygens (including phenoxy) is 12. The van der Waals surface area contributed by atoms with E-state index in [1.54, 1.807) is 0 Å². The van der Waals surface area contributed by atoms with Crippen molar-refractivity contribution >= 4 is 11.9 Å². The van der Waals surface area contributed by atoms with Gasteiger partial charge in [-0.15, -0.1) is 0 Å². The maximum absolute atomic E-state index is 11.6. The van der Waals surface area contributed by atoms with E-state index in [4.69, 9.17) is 56.8 Å². The molecule has 0 spiro atoms. The zero-order valence-electron chi connectivity index (χ0n) is 28.8. The third-order valence-electron chi connectivity index (χ3n) is 5.96. The number of carbonyl (C=O) groups excluding carboxylic acids is 2. The summed E-state index contributed by atoms with van der Waals surface area (Å²) in [6, 6.07) is 0. The highest BCUT2D eigenvalue weighted by Crippen LogP contribution is 2.05. The Morgan fingerprint density at radius 3 is 0.979 bits per heavy atom. The fraction of sp³-hybridized carbons (Fsp3) is 0.879. The highest BCUT2D eigenvalue weighted by Gasteiger charge is 2.02. The van der Waals surface area contributed by atoms with Crippen LogP contribution < -0.4 is 0 Å². The number of hydrogen-bond donors (Lipinski definition) is 0. The van der Waals surface area contributed by atoms with Crippen LogP contribution in [-0.4, -0.2) is 157 Å². The summed E-state index contributed by atoms with van der Waals surface area (Å²) in [5.41, 5.74) is 0. The van der Waals surface area contributed by atoms with Gasteiger partial charge in [-0.1, -0.05) is 39.2 Å². The van der Waals surface area contributed by atoms with E-state index in [0.717, 1.165) is 18.9 Å². The average molecular weight is 683 g/mol. The van der Waals surface area contributed by atoms with Crippen molar-refractivity contribution in [3.05, 3.63) is 12.7 Å². The predicted molar refractivity (Wildman–Crippen MR) is 174 cm³/mol. The van der Waals surface area contributed by atoms with E-state index < -0.39 is 5.97 Å². The molecule has 0 saturated heterocycles. The molecule has 0 radical (unpaired) electrons. The van der Waals surface area contributed by atoms with Crippen molar-refractivity contribution < 1.29 is 66.4 Å². The van der Waals surface area contributed by atoms with Gasteiger partial charge in [-0.05, 0) is 6.42 Å². The molecule has 14 heteroatoms. The van der Waals surface area contributed by atoms with E-state index in [1.807, 2.05) is 0 Å². The average Bonchev–Trinajstić information content (AvgIpc) is 3.08. The van der Waals surface area contributed by atoms with Crippen molar-refractivity contribution in [2.45, 2.75) is 45.4 Å². The molecule has 0 rings (SSSR count). The Labute approximate surface area is 281 Å². The van der Waals surface area contributed by atoms with Crippen LogP contribution in [-0.2, 0) is 66.4 Å². The smallest absolute Gasteiger partial charge is 0.330 e. The van der Waals surface area contributed by atoms with Crippen molar-refractivity contribution in [3.63, 3.8) is 0 Å². The Balaban J connectivity index is 3.10. The topological polar surface area (TPSA) is 145 Å². The van der Waals surface area contributed by atoms with Crippen LogP contribution in [0.15, 0.2) is 12.7 Å². The van der Waals surface area contributed by atoms with Gasteiger partial charge in [0.2, 0.25) is 0 Å². The summed E-state index contributed by atoms with van der Waals surface area (Å²) in [7, 11) is 0. The second-order valence-corrected chi connectivity index (χ2v) is 9.88. The molecule has 0 saturated carbocycles. The van der Waals surface area contributed by atoms with Gasteiger partial charge in [0.15, 0.2) is 0 Å². The summed E-state index contributed by atoms with van der Waals surface area (Å²) in [6.07, 6.45) is 7.17. The van der Waals surface area contributed by atoms with Crippen molar-refractivity contribution in [2.24, 2.45) is 0 Å². The molecular weight excluding hydrogens is 620 g/mol. The predicted octanol–water partition coefficient (Wildman–Crippen LogP) is 2.79. The maximum Gasteiger partial charge on any atom is 0.330 e. The molecule has 0 atom stereocenters. The first-order valence-corrected chi connectivity index (χ1v) is 16.9. The normalized spacial score (nSPS) is 11.2. The van der Waals surface area contributed by atoms with Gasteiger partial charge in [-0.2, -0.15) is 0 Å². The van der Waals surface area contributed by atoms with Gasteiger partial charge < -0.3 is 56.8 Å². The molecule has 0 aliphatic heterocycles. The molecule has 0 heterocycles. The second kappa shape index (κ2) is 40.5. The highest BCUT2D eigenvalue weighted by molar-refractivity contribution is 5.81. The van der Waals surface area contributed by atoms with Gasteiger partial charge in [0, 0.05) is 12.5 Å². The molecule has 0 amide bonds. The maximum atomic E-state index is 11.6. The second-order valence-electron chi connectivity index (χ2n) is 9.88. The summed E-state index contributed by atoms with van der Waals surface area (Å²) < 4.78 is 64.2. The lowest BCUT2D eigenvalue weighted by Crippen LogP contribution is -2.15. The van der Waals surface area contributed by atoms with Crippen LogP contribution in [0.2, 0.25) is 0 Å². The Morgan fingerprint density at radius 1 is 0.404 bits per heavy atom. The molecule has 0 aromatic heterocycles. The minimum absolute atomic E-state index is 0.151. The summed E-state index contributed by atoms with van der Waals surface area (Å²) in [6.45, 7) is 15.2. The zero-order chi connectivity index (χ0) is 34.1. The Bertz CT molecular complexity index is 667. The highest BCUT2D eigenvalue weighted by atomic mass is 16.6. The van der Waals surface area contributed by atoms with E-state index in [0.29, 0.717) is 139 Å². The molecule has 0 fully saturated rings. The van der Waals surface area contributed by atoms with E-state index >= 15 is 0 Å². The number of hydrogen-bond acceptors (Lipinski definition) is 14. The molecule has 0 aromatic rings. The van der Waals surface area contributed by atoms with Crippen LogP contribution >= 0.6 is 0 Å². The molecule has 0 aromatic carbocycles. The molecule has 0 bridgehead atoms. The molecule has 0 aliphatic rings. The van der Waals surface area contributed by atoms with Gasteiger partial charge in [-0.25, -0.2) is 4.79 Å². The van der Waals surface area contributed by atoms with Crippen molar-refractivity contribution in [1.29, 1.82) is 0 Å². The lowest BCUT2D eigenvalue weighted by molar-refractivity contribution is -0.145. The Hall–Kier alpha value is -1.72. The summed E-state index contributed by atoms with van der Waals surface area (Å²) in [5.74, 6) is -0.613.